The molecule has 1 spiro atoms. The van der Waals surface area contributed by atoms with Crippen LogP contribution >= 0.6 is 0 Å². The predicted octanol–water partition coefficient (Wildman–Crippen LogP) is 15.1. The Bertz CT molecular complexity index is 3150. The third-order valence-corrected chi connectivity index (χ3v) is 12.7. The van der Waals surface area contributed by atoms with Gasteiger partial charge in [0.25, 0.3) is 0 Å². The van der Waals surface area contributed by atoms with E-state index in [1.54, 1.807) is 0 Å². The second-order valence-corrected chi connectivity index (χ2v) is 15.5. The molecule has 12 rings (SSSR count). The van der Waals surface area contributed by atoms with Crippen LogP contribution in [0.1, 0.15) is 22.3 Å². The van der Waals surface area contributed by atoms with E-state index in [4.69, 9.17) is 0 Å². The second-order valence-electron chi connectivity index (χ2n) is 15.5. The van der Waals surface area contributed by atoms with Gasteiger partial charge in [0.1, 0.15) is 0 Å². The lowest BCUT2D eigenvalue weighted by molar-refractivity contribution is 0.793. The van der Waals surface area contributed by atoms with Crippen LogP contribution in [0.15, 0.2) is 224 Å². The average molecular weight is 736 g/mol. The molecule has 0 aromatic heterocycles. The first-order chi connectivity index (χ1) is 28.8. The van der Waals surface area contributed by atoms with Crippen LogP contribution in [0, 0.1) is 0 Å². The van der Waals surface area contributed by atoms with Crippen LogP contribution in [0.4, 0.5) is 17.1 Å². The maximum absolute atomic E-state index is 2.54. The van der Waals surface area contributed by atoms with Crippen molar-refractivity contribution in [2.45, 2.75) is 5.41 Å². The molecule has 0 N–H and O–H groups in total. The molecule has 0 radical (unpaired) electrons. The fraction of sp³-hybridized carbons (Fsp3) is 0.0175. The molecule has 1 nitrogen and oxygen atoms in total. The number of hydrogen-bond acceptors (Lipinski definition) is 1. The van der Waals surface area contributed by atoms with Gasteiger partial charge in [0.15, 0.2) is 0 Å². The van der Waals surface area contributed by atoms with Crippen LogP contribution in [0.2, 0.25) is 0 Å². The topological polar surface area (TPSA) is 3.24 Å². The van der Waals surface area contributed by atoms with Gasteiger partial charge in [-0.1, -0.05) is 200 Å². The van der Waals surface area contributed by atoms with Gasteiger partial charge in [0.05, 0.1) is 11.1 Å². The quantitative estimate of drug-likeness (QED) is 0.159. The number of anilines is 3. The fourth-order valence-corrected chi connectivity index (χ4v) is 10.3. The van der Waals surface area contributed by atoms with E-state index in [2.05, 4.69) is 229 Å². The molecule has 0 amide bonds. The summed E-state index contributed by atoms with van der Waals surface area (Å²) < 4.78 is 0. The maximum Gasteiger partial charge on any atom is 0.0726 e. The van der Waals surface area contributed by atoms with Gasteiger partial charge in [-0.3, -0.25) is 0 Å². The van der Waals surface area contributed by atoms with Gasteiger partial charge < -0.3 is 4.90 Å². The van der Waals surface area contributed by atoms with Gasteiger partial charge in [-0.25, -0.2) is 0 Å². The average Bonchev–Trinajstić information content (AvgIpc) is 3.77. The maximum atomic E-state index is 2.54. The number of benzene rings is 10. The molecule has 0 heterocycles. The first-order valence-corrected chi connectivity index (χ1v) is 20.2. The van der Waals surface area contributed by atoms with Crippen molar-refractivity contribution in [3.63, 3.8) is 0 Å². The van der Waals surface area contributed by atoms with Gasteiger partial charge in [-0.15, -0.1) is 0 Å². The second kappa shape index (κ2) is 12.8. The summed E-state index contributed by atoms with van der Waals surface area (Å²) in [4.78, 5) is 2.54. The highest BCUT2D eigenvalue weighted by atomic mass is 15.1. The van der Waals surface area contributed by atoms with Crippen LogP contribution in [0.5, 0.6) is 0 Å². The number of rotatable bonds is 5. The third-order valence-electron chi connectivity index (χ3n) is 12.7. The highest BCUT2D eigenvalue weighted by Crippen LogP contribution is 2.63. The van der Waals surface area contributed by atoms with E-state index < -0.39 is 5.41 Å². The molecule has 0 unspecified atom stereocenters. The minimum absolute atomic E-state index is 0.453. The van der Waals surface area contributed by atoms with E-state index in [0.717, 1.165) is 11.4 Å². The minimum Gasteiger partial charge on any atom is -0.309 e. The van der Waals surface area contributed by atoms with Gasteiger partial charge in [-0.2, -0.15) is 0 Å². The lowest BCUT2D eigenvalue weighted by atomic mass is 9.70. The van der Waals surface area contributed by atoms with Crippen molar-refractivity contribution in [3.8, 4) is 44.5 Å². The molecular weight excluding hydrogens is 699 g/mol. The highest BCUT2D eigenvalue weighted by Gasteiger charge is 2.51. The summed E-state index contributed by atoms with van der Waals surface area (Å²) in [7, 11) is 0. The standard InChI is InChI=1S/C57H37N/c1-3-17-38(18-4-1)39-31-33-41(34-32-39)58(56-50-27-10-8-22-44(50)43-21-7-9-26-49(43)55(56)40-19-5-2-6-20-40)42-35-36-48-47-25-13-16-30-53(47)57(54(48)37-42)51-28-14-11-23-45(51)46-24-12-15-29-52(46)57/h1-37H. The summed E-state index contributed by atoms with van der Waals surface area (Å²) in [6.07, 6.45) is 0. The first-order valence-electron chi connectivity index (χ1n) is 20.2. The van der Waals surface area contributed by atoms with Crippen molar-refractivity contribution < 1.29 is 0 Å². The molecule has 1 heteroatoms. The largest absolute Gasteiger partial charge is 0.309 e. The monoisotopic (exact) mass is 735 g/mol. The molecule has 0 fully saturated rings. The lowest BCUT2D eigenvalue weighted by Crippen LogP contribution is -2.26. The zero-order valence-corrected chi connectivity index (χ0v) is 31.8. The Morgan fingerprint density at radius 2 is 0.690 bits per heavy atom. The van der Waals surface area contributed by atoms with Crippen LogP contribution in [0.25, 0.3) is 66.1 Å². The van der Waals surface area contributed by atoms with Gasteiger partial charge in [0.2, 0.25) is 0 Å². The number of nitrogens with zero attached hydrogens (tertiary/aromatic N) is 1. The minimum atomic E-state index is -0.453. The predicted molar refractivity (Wildman–Crippen MR) is 243 cm³/mol. The number of hydrogen-bond donors (Lipinski definition) is 0. The normalized spacial score (nSPS) is 13.0. The summed E-state index contributed by atoms with van der Waals surface area (Å²) in [6, 6.07) is 83.1. The van der Waals surface area contributed by atoms with Crippen LogP contribution in [-0.2, 0) is 5.41 Å². The van der Waals surface area contributed by atoms with Crippen molar-refractivity contribution in [1.82, 2.24) is 0 Å². The van der Waals surface area contributed by atoms with Crippen LogP contribution in [0.3, 0.4) is 0 Å². The van der Waals surface area contributed by atoms with Gasteiger partial charge >= 0.3 is 0 Å². The Morgan fingerprint density at radius 1 is 0.276 bits per heavy atom. The molecule has 58 heavy (non-hydrogen) atoms. The van der Waals surface area contributed by atoms with Crippen molar-refractivity contribution >= 4 is 38.6 Å². The summed E-state index contributed by atoms with van der Waals surface area (Å²) in [5.41, 5.74) is 18.3. The molecule has 2 aliphatic carbocycles. The smallest absolute Gasteiger partial charge is 0.0726 e. The van der Waals surface area contributed by atoms with Crippen LogP contribution in [-0.4, -0.2) is 0 Å². The summed E-state index contributed by atoms with van der Waals surface area (Å²) in [5, 5.41) is 4.93. The zero-order chi connectivity index (χ0) is 38.2. The van der Waals surface area contributed by atoms with Crippen molar-refractivity contribution in [3.05, 3.63) is 247 Å². The highest BCUT2D eigenvalue weighted by molar-refractivity contribution is 6.22. The molecule has 0 atom stereocenters. The van der Waals surface area contributed by atoms with E-state index in [0.29, 0.717) is 0 Å². The molecule has 2 aliphatic rings. The SMILES string of the molecule is c1ccc(-c2ccc(N(c3ccc4c(c3)C3(c5ccccc5-c5ccccc53)c3ccccc3-4)c3c(-c4ccccc4)c4ccccc4c4ccccc34)cc2)cc1. The molecule has 0 aliphatic heterocycles. The molecule has 270 valence electrons. The fourth-order valence-electron chi connectivity index (χ4n) is 10.3. The number of fused-ring (bicyclic) bond motifs is 13. The Labute approximate surface area is 338 Å². The lowest BCUT2D eigenvalue weighted by Gasteiger charge is -2.33. The van der Waals surface area contributed by atoms with E-state index in [-0.39, 0.29) is 0 Å². The van der Waals surface area contributed by atoms with E-state index >= 15 is 0 Å². The molecule has 10 aromatic rings. The Hall–Kier alpha value is -7.48. The van der Waals surface area contributed by atoms with E-state index in [1.165, 1.54) is 94.0 Å². The first kappa shape index (κ1) is 32.7. The van der Waals surface area contributed by atoms with E-state index in [9.17, 15) is 0 Å². The Balaban J connectivity index is 1.20. The Kier molecular flexibility index (Phi) is 7.21. The van der Waals surface area contributed by atoms with Crippen molar-refractivity contribution in [1.29, 1.82) is 0 Å². The summed E-state index contributed by atoms with van der Waals surface area (Å²) in [5.74, 6) is 0. The summed E-state index contributed by atoms with van der Waals surface area (Å²) >= 11 is 0. The third kappa shape index (κ3) is 4.59. The molecule has 10 aromatic carbocycles. The van der Waals surface area contributed by atoms with Gasteiger partial charge in [-0.05, 0) is 102 Å². The van der Waals surface area contributed by atoms with Crippen LogP contribution < -0.4 is 4.90 Å². The molecule has 0 saturated carbocycles. The zero-order valence-electron chi connectivity index (χ0n) is 31.8. The summed E-state index contributed by atoms with van der Waals surface area (Å²) in [6.45, 7) is 0. The molecular formula is C57H37N. The molecule has 0 bridgehead atoms. The van der Waals surface area contributed by atoms with Gasteiger partial charge in [0, 0.05) is 22.3 Å². The Morgan fingerprint density at radius 3 is 1.28 bits per heavy atom. The molecule has 0 saturated heterocycles. The van der Waals surface area contributed by atoms with Crippen molar-refractivity contribution in [2.24, 2.45) is 0 Å². The van der Waals surface area contributed by atoms with E-state index in [1.807, 2.05) is 0 Å². The van der Waals surface area contributed by atoms with Crippen molar-refractivity contribution in [2.75, 3.05) is 4.90 Å².